The molecule has 1 aromatic carbocycles. The molecule has 0 saturated heterocycles. The first-order valence-electron chi connectivity index (χ1n) is 5.26. The van der Waals surface area contributed by atoms with Gasteiger partial charge in [0.2, 0.25) is 0 Å². The number of nitrogen functional groups attached to an aromatic ring is 1. The summed E-state index contributed by atoms with van der Waals surface area (Å²) in [6.45, 7) is 1.55. The van der Waals surface area contributed by atoms with Crippen LogP contribution < -0.4 is 11.1 Å². The van der Waals surface area contributed by atoms with Crippen LogP contribution >= 0.6 is 0 Å². The SMILES string of the molecule is Nc1nc(-c2ccccc2)nc2c1CNC2. The first kappa shape index (κ1) is 9.30. The molecule has 0 spiro atoms. The summed E-state index contributed by atoms with van der Waals surface area (Å²) in [5.41, 5.74) is 8.98. The first-order valence-corrected chi connectivity index (χ1v) is 5.26. The first-order chi connectivity index (χ1) is 7.84. The van der Waals surface area contributed by atoms with E-state index in [4.69, 9.17) is 5.73 Å². The van der Waals surface area contributed by atoms with Crippen LogP contribution in [0.5, 0.6) is 0 Å². The number of nitrogens with one attached hydrogen (secondary N) is 1. The van der Waals surface area contributed by atoms with E-state index < -0.39 is 0 Å². The van der Waals surface area contributed by atoms with E-state index >= 15 is 0 Å². The number of benzene rings is 1. The summed E-state index contributed by atoms with van der Waals surface area (Å²) in [6, 6.07) is 9.90. The van der Waals surface area contributed by atoms with Crippen LogP contribution in [-0.2, 0) is 13.1 Å². The number of hydrogen-bond donors (Lipinski definition) is 2. The van der Waals surface area contributed by atoms with Crippen molar-refractivity contribution in [3.63, 3.8) is 0 Å². The molecule has 3 rings (SSSR count). The molecule has 0 saturated carbocycles. The summed E-state index contributed by atoms with van der Waals surface area (Å²) in [5, 5.41) is 3.22. The van der Waals surface area contributed by atoms with Crippen molar-refractivity contribution in [1.29, 1.82) is 0 Å². The Morgan fingerprint density at radius 1 is 1.06 bits per heavy atom. The van der Waals surface area contributed by atoms with Gasteiger partial charge in [0.25, 0.3) is 0 Å². The molecule has 0 aliphatic carbocycles. The molecule has 3 N–H and O–H groups in total. The second-order valence-corrected chi connectivity index (χ2v) is 3.83. The standard InChI is InChI=1S/C12H12N4/c13-11-9-6-14-7-10(9)15-12(16-11)8-4-2-1-3-5-8/h1-5,14H,6-7H2,(H2,13,15,16). The fraction of sp³-hybridized carbons (Fsp3) is 0.167. The molecule has 16 heavy (non-hydrogen) atoms. The summed E-state index contributed by atoms with van der Waals surface area (Å²) in [4.78, 5) is 8.87. The molecule has 0 amide bonds. The van der Waals surface area contributed by atoms with Gasteiger partial charge in [0.1, 0.15) is 5.82 Å². The lowest BCUT2D eigenvalue weighted by atomic mass is 10.2. The number of aromatic nitrogens is 2. The van der Waals surface area contributed by atoms with Gasteiger partial charge >= 0.3 is 0 Å². The highest BCUT2D eigenvalue weighted by molar-refractivity contribution is 5.59. The van der Waals surface area contributed by atoms with Crippen molar-refractivity contribution in [1.82, 2.24) is 15.3 Å². The van der Waals surface area contributed by atoms with E-state index in [0.29, 0.717) is 11.6 Å². The third kappa shape index (κ3) is 1.44. The van der Waals surface area contributed by atoms with Crippen LogP contribution in [0, 0.1) is 0 Å². The molecule has 0 unspecified atom stereocenters. The second kappa shape index (κ2) is 3.57. The number of nitrogens with zero attached hydrogens (tertiary/aromatic N) is 2. The molecule has 0 fully saturated rings. The van der Waals surface area contributed by atoms with Crippen molar-refractivity contribution in [2.75, 3.05) is 5.73 Å². The number of rotatable bonds is 1. The third-order valence-electron chi connectivity index (χ3n) is 2.75. The molecule has 2 heterocycles. The highest BCUT2D eigenvalue weighted by Gasteiger charge is 2.17. The Bertz CT molecular complexity index is 522. The minimum absolute atomic E-state index is 0.592. The average Bonchev–Trinajstić information content (AvgIpc) is 2.79. The van der Waals surface area contributed by atoms with E-state index in [1.54, 1.807) is 0 Å². The van der Waals surface area contributed by atoms with Crippen molar-refractivity contribution < 1.29 is 0 Å². The average molecular weight is 212 g/mol. The molecule has 0 atom stereocenters. The molecular formula is C12H12N4. The zero-order valence-corrected chi connectivity index (χ0v) is 8.77. The maximum Gasteiger partial charge on any atom is 0.161 e. The summed E-state index contributed by atoms with van der Waals surface area (Å²) in [7, 11) is 0. The molecule has 4 heteroatoms. The van der Waals surface area contributed by atoms with Crippen LogP contribution in [0.1, 0.15) is 11.3 Å². The molecule has 0 radical (unpaired) electrons. The summed E-state index contributed by atoms with van der Waals surface area (Å²) in [6.07, 6.45) is 0. The predicted octanol–water partition coefficient (Wildman–Crippen LogP) is 1.33. The highest BCUT2D eigenvalue weighted by atomic mass is 15.0. The number of hydrogen-bond acceptors (Lipinski definition) is 4. The molecule has 1 aliphatic rings. The molecule has 2 aromatic rings. The lowest BCUT2D eigenvalue weighted by Gasteiger charge is -2.05. The van der Waals surface area contributed by atoms with Crippen molar-refractivity contribution in [2.24, 2.45) is 0 Å². The molecule has 1 aromatic heterocycles. The van der Waals surface area contributed by atoms with E-state index in [0.717, 1.165) is 29.9 Å². The Labute approximate surface area is 93.5 Å². The van der Waals surface area contributed by atoms with Crippen LogP contribution in [0.15, 0.2) is 30.3 Å². The van der Waals surface area contributed by atoms with Gasteiger partial charge in [-0.25, -0.2) is 9.97 Å². The normalized spacial score (nSPS) is 13.8. The van der Waals surface area contributed by atoms with E-state index in [1.807, 2.05) is 30.3 Å². The number of anilines is 1. The van der Waals surface area contributed by atoms with Gasteiger partial charge in [0.15, 0.2) is 5.82 Å². The van der Waals surface area contributed by atoms with Gasteiger partial charge in [-0.1, -0.05) is 30.3 Å². The monoisotopic (exact) mass is 212 g/mol. The van der Waals surface area contributed by atoms with Gasteiger partial charge < -0.3 is 11.1 Å². The van der Waals surface area contributed by atoms with Crippen molar-refractivity contribution in [3.05, 3.63) is 41.6 Å². The maximum absolute atomic E-state index is 5.92. The zero-order chi connectivity index (χ0) is 11.0. The molecule has 80 valence electrons. The van der Waals surface area contributed by atoms with E-state index in [9.17, 15) is 0 Å². The lowest BCUT2D eigenvalue weighted by molar-refractivity contribution is 0.758. The molecular weight excluding hydrogens is 200 g/mol. The van der Waals surface area contributed by atoms with E-state index in [2.05, 4.69) is 15.3 Å². The van der Waals surface area contributed by atoms with Crippen molar-refractivity contribution in [3.8, 4) is 11.4 Å². The molecule has 0 bridgehead atoms. The number of nitrogens with two attached hydrogens (primary N) is 1. The topological polar surface area (TPSA) is 63.8 Å². The fourth-order valence-corrected chi connectivity index (χ4v) is 1.91. The summed E-state index contributed by atoms with van der Waals surface area (Å²) >= 11 is 0. The minimum atomic E-state index is 0.592. The van der Waals surface area contributed by atoms with Gasteiger partial charge in [-0.2, -0.15) is 0 Å². The lowest BCUT2D eigenvalue weighted by Crippen LogP contribution is -2.02. The van der Waals surface area contributed by atoms with Crippen LogP contribution in [0.3, 0.4) is 0 Å². The van der Waals surface area contributed by atoms with Crippen LogP contribution in [0.2, 0.25) is 0 Å². The molecule has 4 nitrogen and oxygen atoms in total. The molecule has 1 aliphatic heterocycles. The van der Waals surface area contributed by atoms with Crippen molar-refractivity contribution in [2.45, 2.75) is 13.1 Å². The van der Waals surface area contributed by atoms with Gasteiger partial charge in [-0.15, -0.1) is 0 Å². The van der Waals surface area contributed by atoms with Gasteiger partial charge in [0.05, 0.1) is 5.69 Å². The highest BCUT2D eigenvalue weighted by Crippen LogP contribution is 2.23. The van der Waals surface area contributed by atoms with Crippen molar-refractivity contribution >= 4 is 5.82 Å². The second-order valence-electron chi connectivity index (χ2n) is 3.83. The largest absolute Gasteiger partial charge is 0.383 e. The van der Waals surface area contributed by atoms with Crippen LogP contribution in [-0.4, -0.2) is 9.97 Å². The fourth-order valence-electron chi connectivity index (χ4n) is 1.91. The summed E-state index contributed by atoms with van der Waals surface area (Å²) in [5.74, 6) is 1.30. The smallest absolute Gasteiger partial charge is 0.161 e. The third-order valence-corrected chi connectivity index (χ3v) is 2.75. The zero-order valence-electron chi connectivity index (χ0n) is 8.77. The predicted molar refractivity (Wildman–Crippen MR) is 62.4 cm³/mol. The van der Waals surface area contributed by atoms with Gasteiger partial charge in [-0.05, 0) is 0 Å². The van der Waals surface area contributed by atoms with E-state index in [-0.39, 0.29) is 0 Å². The Kier molecular flexibility index (Phi) is 2.08. The Morgan fingerprint density at radius 3 is 2.69 bits per heavy atom. The Morgan fingerprint density at radius 2 is 1.88 bits per heavy atom. The Balaban J connectivity index is 2.13. The van der Waals surface area contributed by atoms with Crippen LogP contribution in [0.4, 0.5) is 5.82 Å². The number of fused-ring (bicyclic) bond motifs is 1. The van der Waals surface area contributed by atoms with Crippen LogP contribution in [0.25, 0.3) is 11.4 Å². The van der Waals surface area contributed by atoms with Gasteiger partial charge in [0, 0.05) is 24.2 Å². The quantitative estimate of drug-likeness (QED) is 0.748. The minimum Gasteiger partial charge on any atom is -0.383 e. The summed E-state index contributed by atoms with van der Waals surface area (Å²) < 4.78 is 0. The maximum atomic E-state index is 5.92. The van der Waals surface area contributed by atoms with E-state index in [1.165, 1.54) is 0 Å². The Hall–Kier alpha value is -1.94. The van der Waals surface area contributed by atoms with Gasteiger partial charge in [-0.3, -0.25) is 0 Å².